The molecule has 3 rings (SSSR count). The molecular weight excluding hydrogens is 242 g/mol. The molecular formula is C13H13N5O. The summed E-state index contributed by atoms with van der Waals surface area (Å²) in [5.41, 5.74) is 4.42. The van der Waals surface area contributed by atoms with Crippen LogP contribution >= 0.6 is 0 Å². The molecule has 19 heavy (non-hydrogen) atoms. The normalized spacial score (nSPS) is 10.9. The Kier molecular flexibility index (Phi) is 2.63. The quantitative estimate of drug-likeness (QED) is 0.760. The van der Waals surface area contributed by atoms with Crippen LogP contribution < -0.4 is 0 Å². The molecule has 0 fully saturated rings. The predicted molar refractivity (Wildman–Crippen MR) is 69.3 cm³/mol. The van der Waals surface area contributed by atoms with Crippen LogP contribution in [0.15, 0.2) is 23.0 Å². The van der Waals surface area contributed by atoms with Gasteiger partial charge in [-0.2, -0.15) is 10.1 Å². The van der Waals surface area contributed by atoms with Crippen LogP contribution in [0.2, 0.25) is 0 Å². The summed E-state index contributed by atoms with van der Waals surface area (Å²) in [5.74, 6) is 1.41. The second kappa shape index (κ2) is 4.31. The van der Waals surface area contributed by atoms with E-state index < -0.39 is 0 Å². The van der Waals surface area contributed by atoms with Crippen LogP contribution in [-0.2, 0) is 0 Å². The van der Waals surface area contributed by atoms with Crippen LogP contribution in [0.25, 0.3) is 23.1 Å². The first-order valence-corrected chi connectivity index (χ1v) is 5.93. The Labute approximate surface area is 109 Å². The van der Waals surface area contributed by atoms with Crippen LogP contribution in [0.1, 0.15) is 16.7 Å². The highest BCUT2D eigenvalue weighted by Gasteiger charge is 2.16. The van der Waals surface area contributed by atoms with Crippen LogP contribution in [0, 0.1) is 20.8 Å². The number of hydrogen-bond acceptors (Lipinski definition) is 5. The van der Waals surface area contributed by atoms with Gasteiger partial charge in [-0.15, -0.1) is 0 Å². The lowest BCUT2D eigenvalue weighted by Gasteiger charge is -2.06. The minimum absolute atomic E-state index is 0.409. The third kappa shape index (κ3) is 2.01. The van der Waals surface area contributed by atoms with Gasteiger partial charge in [0, 0.05) is 5.56 Å². The van der Waals surface area contributed by atoms with Crippen molar-refractivity contribution in [2.24, 2.45) is 0 Å². The summed E-state index contributed by atoms with van der Waals surface area (Å²) in [5, 5.41) is 10.4. The number of aromatic nitrogens is 5. The molecule has 96 valence electrons. The molecule has 0 saturated carbocycles. The van der Waals surface area contributed by atoms with Gasteiger partial charge in [0.15, 0.2) is 5.82 Å². The first-order valence-electron chi connectivity index (χ1n) is 5.93. The van der Waals surface area contributed by atoms with E-state index in [4.69, 9.17) is 4.52 Å². The number of hydrogen-bond donors (Lipinski definition) is 1. The molecule has 0 radical (unpaired) electrons. The Morgan fingerprint density at radius 3 is 2.47 bits per heavy atom. The zero-order chi connectivity index (χ0) is 13.4. The van der Waals surface area contributed by atoms with Gasteiger partial charge in [0.1, 0.15) is 6.33 Å². The highest BCUT2D eigenvalue weighted by molar-refractivity contribution is 5.65. The maximum Gasteiger partial charge on any atom is 0.258 e. The van der Waals surface area contributed by atoms with E-state index in [9.17, 15) is 0 Å². The Morgan fingerprint density at radius 1 is 1.11 bits per heavy atom. The molecule has 0 unspecified atom stereocenters. The van der Waals surface area contributed by atoms with Crippen molar-refractivity contribution in [1.29, 1.82) is 0 Å². The van der Waals surface area contributed by atoms with E-state index >= 15 is 0 Å². The van der Waals surface area contributed by atoms with Crippen molar-refractivity contribution < 1.29 is 4.52 Å². The number of aryl methyl sites for hydroxylation is 3. The van der Waals surface area contributed by atoms with E-state index in [-0.39, 0.29) is 0 Å². The average Bonchev–Trinajstić information content (AvgIpc) is 2.97. The Morgan fingerprint density at radius 2 is 1.84 bits per heavy atom. The third-order valence-corrected chi connectivity index (χ3v) is 2.94. The summed E-state index contributed by atoms with van der Waals surface area (Å²) in [6.45, 7) is 6.14. The Bertz CT molecular complexity index is 691. The number of nitrogens with zero attached hydrogens (tertiary/aromatic N) is 4. The van der Waals surface area contributed by atoms with Crippen molar-refractivity contribution in [2.45, 2.75) is 20.8 Å². The van der Waals surface area contributed by atoms with Gasteiger partial charge in [-0.3, -0.25) is 5.10 Å². The fourth-order valence-corrected chi connectivity index (χ4v) is 2.25. The Balaban J connectivity index is 2.09. The van der Waals surface area contributed by atoms with E-state index in [1.54, 1.807) is 0 Å². The number of H-pyrrole nitrogens is 1. The van der Waals surface area contributed by atoms with E-state index in [1.165, 1.54) is 11.9 Å². The second-order valence-electron chi connectivity index (χ2n) is 4.53. The van der Waals surface area contributed by atoms with Gasteiger partial charge < -0.3 is 4.52 Å². The average molecular weight is 255 g/mol. The van der Waals surface area contributed by atoms with Crippen molar-refractivity contribution in [1.82, 2.24) is 25.3 Å². The van der Waals surface area contributed by atoms with Gasteiger partial charge in [-0.25, -0.2) is 4.98 Å². The largest absolute Gasteiger partial charge is 0.333 e. The minimum atomic E-state index is 0.409. The molecule has 0 saturated heterocycles. The number of rotatable bonds is 2. The molecule has 3 aromatic rings. The van der Waals surface area contributed by atoms with Gasteiger partial charge in [-0.1, -0.05) is 22.9 Å². The van der Waals surface area contributed by atoms with Gasteiger partial charge in [0.25, 0.3) is 5.89 Å². The molecule has 0 bridgehead atoms. The summed E-state index contributed by atoms with van der Waals surface area (Å²) in [6.07, 6.45) is 1.41. The van der Waals surface area contributed by atoms with Crippen molar-refractivity contribution >= 4 is 0 Å². The zero-order valence-electron chi connectivity index (χ0n) is 10.9. The van der Waals surface area contributed by atoms with Gasteiger partial charge in [0.2, 0.25) is 5.82 Å². The lowest BCUT2D eigenvalue weighted by atomic mass is 10.00. The van der Waals surface area contributed by atoms with Gasteiger partial charge >= 0.3 is 0 Å². The molecule has 2 aromatic heterocycles. The van der Waals surface area contributed by atoms with Crippen molar-refractivity contribution in [3.63, 3.8) is 0 Å². The van der Waals surface area contributed by atoms with Gasteiger partial charge in [-0.05, 0) is 31.9 Å². The first-order chi connectivity index (χ1) is 9.15. The smallest absolute Gasteiger partial charge is 0.258 e. The van der Waals surface area contributed by atoms with Crippen LogP contribution in [0.4, 0.5) is 0 Å². The van der Waals surface area contributed by atoms with Crippen molar-refractivity contribution in [3.05, 3.63) is 35.2 Å². The summed E-state index contributed by atoms with van der Waals surface area (Å²) in [7, 11) is 0. The topological polar surface area (TPSA) is 80.5 Å². The molecule has 0 amide bonds. The molecule has 0 aliphatic carbocycles. The zero-order valence-corrected chi connectivity index (χ0v) is 10.9. The van der Waals surface area contributed by atoms with E-state index in [0.29, 0.717) is 17.5 Å². The predicted octanol–water partition coefficient (Wildman–Crippen LogP) is 2.45. The van der Waals surface area contributed by atoms with E-state index in [1.807, 2.05) is 13.8 Å². The highest BCUT2D eigenvalue weighted by atomic mass is 16.5. The Hall–Kier alpha value is -2.50. The van der Waals surface area contributed by atoms with Crippen LogP contribution in [0.3, 0.4) is 0 Å². The minimum Gasteiger partial charge on any atom is -0.333 e. The molecule has 6 nitrogen and oxygen atoms in total. The molecule has 0 aliphatic rings. The first kappa shape index (κ1) is 11.6. The SMILES string of the molecule is Cc1cc(C)c(-c2nc(-c3ncn[nH]3)no2)c(C)c1. The maximum atomic E-state index is 5.33. The fraction of sp³-hybridized carbons (Fsp3) is 0.231. The monoisotopic (exact) mass is 255 g/mol. The molecule has 6 heteroatoms. The maximum absolute atomic E-state index is 5.33. The number of nitrogens with one attached hydrogen (secondary N) is 1. The standard InChI is InChI=1S/C13H13N5O/c1-7-4-8(2)10(9(3)5-7)13-16-12(18-19-13)11-14-6-15-17-11/h4-6H,1-3H3,(H,14,15,17). The summed E-state index contributed by atoms with van der Waals surface area (Å²) >= 11 is 0. The molecule has 0 atom stereocenters. The summed E-state index contributed by atoms with van der Waals surface area (Å²) in [6, 6.07) is 4.20. The fourth-order valence-electron chi connectivity index (χ4n) is 2.25. The van der Waals surface area contributed by atoms with E-state index in [2.05, 4.69) is 44.4 Å². The lowest BCUT2D eigenvalue weighted by molar-refractivity contribution is 0.431. The van der Waals surface area contributed by atoms with Gasteiger partial charge in [0.05, 0.1) is 0 Å². The van der Waals surface area contributed by atoms with Crippen LogP contribution in [0.5, 0.6) is 0 Å². The molecule has 2 heterocycles. The number of aromatic amines is 1. The van der Waals surface area contributed by atoms with E-state index in [0.717, 1.165) is 16.7 Å². The summed E-state index contributed by atoms with van der Waals surface area (Å²) < 4.78 is 5.33. The molecule has 0 aliphatic heterocycles. The highest BCUT2D eigenvalue weighted by Crippen LogP contribution is 2.28. The molecule has 1 N–H and O–H groups in total. The number of benzene rings is 1. The molecule has 1 aromatic carbocycles. The summed E-state index contributed by atoms with van der Waals surface area (Å²) in [4.78, 5) is 8.36. The molecule has 0 spiro atoms. The lowest BCUT2D eigenvalue weighted by Crippen LogP contribution is -1.90. The third-order valence-electron chi connectivity index (χ3n) is 2.94. The second-order valence-corrected chi connectivity index (χ2v) is 4.53. The van der Waals surface area contributed by atoms with Crippen LogP contribution in [-0.4, -0.2) is 25.3 Å². The van der Waals surface area contributed by atoms with Crippen molar-refractivity contribution in [2.75, 3.05) is 0 Å². The van der Waals surface area contributed by atoms with Crippen molar-refractivity contribution in [3.8, 4) is 23.1 Å².